The van der Waals surface area contributed by atoms with Crippen molar-refractivity contribution in [3.63, 3.8) is 0 Å². The number of carbonyl (C=O) groups is 2. The number of piperidine rings is 1. The number of benzene rings is 1. The fraction of sp³-hybridized carbons (Fsp3) is 0.421. The summed E-state index contributed by atoms with van der Waals surface area (Å²) >= 11 is 0. The number of aromatic nitrogens is 2. The van der Waals surface area contributed by atoms with E-state index >= 15 is 0 Å². The van der Waals surface area contributed by atoms with Crippen LogP contribution in [-0.4, -0.2) is 53.8 Å². The molecule has 2 heterocycles. The SMILES string of the molecule is COc1ccc(-c2cc(C(=O)N3CCC(C(N)=O)CC3)n(C)n2)c(OC)c1. The van der Waals surface area contributed by atoms with Crippen LogP contribution in [0.15, 0.2) is 24.3 Å². The Bertz CT molecular complexity index is 853. The molecule has 3 rings (SSSR count). The van der Waals surface area contributed by atoms with Crippen molar-refractivity contribution in [3.8, 4) is 22.8 Å². The van der Waals surface area contributed by atoms with Crippen LogP contribution in [0.3, 0.4) is 0 Å². The summed E-state index contributed by atoms with van der Waals surface area (Å²) in [4.78, 5) is 25.9. The third-order valence-electron chi connectivity index (χ3n) is 4.97. The molecule has 1 aliphatic heterocycles. The number of nitrogens with zero attached hydrogens (tertiary/aromatic N) is 3. The Hall–Kier alpha value is -3.03. The fourth-order valence-corrected chi connectivity index (χ4v) is 3.34. The Morgan fingerprint density at radius 3 is 2.44 bits per heavy atom. The lowest BCUT2D eigenvalue weighted by molar-refractivity contribution is -0.123. The minimum Gasteiger partial charge on any atom is -0.497 e. The van der Waals surface area contributed by atoms with Gasteiger partial charge in [0.25, 0.3) is 5.91 Å². The van der Waals surface area contributed by atoms with Crippen LogP contribution < -0.4 is 15.2 Å². The first-order chi connectivity index (χ1) is 12.9. The van der Waals surface area contributed by atoms with Crippen LogP contribution in [0.5, 0.6) is 11.5 Å². The molecule has 0 aliphatic carbocycles. The highest BCUT2D eigenvalue weighted by Gasteiger charge is 2.28. The van der Waals surface area contributed by atoms with Gasteiger partial charge in [-0.2, -0.15) is 5.10 Å². The molecule has 1 aromatic heterocycles. The molecular weight excluding hydrogens is 348 g/mol. The maximum atomic E-state index is 12.9. The standard InChI is InChI=1S/C19H24N4O4/c1-22-16(19(25)23-8-6-12(7-9-23)18(20)24)11-15(21-22)14-5-4-13(26-2)10-17(14)27-3/h4-5,10-12H,6-9H2,1-3H3,(H2,20,24). The van der Waals surface area contributed by atoms with E-state index in [1.54, 1.807) is 43.0 Å². The molecular formula is C19H24N4O4. The number of amides is 2. The molecule has 0 unspecified atom stereocenters. The van der Waals surface area contributed by atoms with E-state index in [2.05, 4.69) is 5.10 Å². The molecule has 0 radical (unpaired) electrons. The number of nitrogens with two attached hydrogens (primary N) is 1. The van der Waals surface area contributed by atoms with Crippen LogP contribution >= 0.6 is 0 Å². The molecule has 0 spiro atoms. The number of hydrogen-bond donors (Lipinski definition) is 1. The second-order valence-corrected chi connectivity index (χ2v) is 6.57. The summed E-state index contributed by atoms with van der Waals surface area (Å²) in [6.07, 6.45) is 1.19. The van der Waals surface area contributed by atoms with Crippen molar-refractivity contribution in [3.05, 3.63) is 30.0 Å². The molecule has 2 amide bonds. The number of methoxy groups -OCH3 is 2. The van der Waals surface area contributed by atoms with Crippen molar-refractivity contribution >= 4 is 11.8 Å². The zero-order valence-electron chi connectivity index (χ0n) is 15.8. The second-order valence-electron chi connectivity index (χ2n) is 6.57. The van der Waals surface area contributed by atoms with Crippen LogP contribution in [0.2, 0.25) is 0 Å². The van der Waals surface area contributed by atoms with Gasteiger partial charge in [0.05, 0.1) is 19.9 Å². The molecule has 1 aromatic carbocycles. The monoisotopic (exact) mass is 372 g/mol. The number of carbonyl (C=O) groups excluding carboxylic acids is 2. The van der Waals surface area contributed by atoms with E-state index in [9.17, 15) is 9.59 Å². The average Bonchev–Trinajstić information content (AvgIpc) is 3.08. The van der Waals surface area contributed by atoms with E-state index in [0.717, 1.165) is 5.56 Å². The number of ether oxygens (including phenoxy) is 2. The predicted molar refractivity (Wildman–Crippen MR) is 99.6 cm³/mol. The molecule has 0 atom stereocenters. The van der Waals surface area contributed by atoms with E-state index in [1.807, 2.05) is 12.1 Å². The van der Waals surface area contributed by atoms with Crippen molar-refractivity contribution < 1.29 is 19.1 Å². The summed E-state index contributed by atoms with van der Waals surface area (Å²) < 4.78 is 12.2. The van der Waals surface area contributed by atoms with Gasteiger partial charge in [-0.15, -0.1) is 0 Å². The maximum absolute atomic E-state index is 12.9. The van der Waals surface area contributed by atoms with Crippen LogP contribution in [0, 0.1) is 5.92 Å². The predicted octanol–water partition coefficient (Wildman–Crippen LogP) is 1.44. The van der Waals surface area contributed by atoms with Gasteiger partial charge in [0.1, 0.15) is 17.2 Å². The molecule has 144 valence electrons. The largest absolute Gasteiger partial charge is 0.497 e. The van der Waals surface area contributed by atoms with Gasteiger partial charge in [0, 0.05) is 37.7 Å². The van der Waals surface area contributed by atoms with E-state index < -0.39 is 0 Å². The van der Waals surface area contributed by atoms with Crippen LogP contribution in [0.25, 0.3) is 11.3 Å². The summed E-state index contributed by atoms with van der Waals surface area (Å²) in [5, 5.41) is 4.48. The zero-order chi connectivity index (χ0) is 19.6. The lowest BCUT2D eigenvalue weighted by Crippen LogP contribution is -2.42. The van der Waals surface area contributed by atoms with E-state index in [1.165, 1.54) is 0 Å². The van der Waals surface area contributed by atoms with Crippen molar-refractivity contribution in [2.45, 2.75) is 12.8 Å². The van der Waals surface area contributed by atoms with Crippen LogP contribution in [0.1, 0.15) is 23.3 Å². The van der Waals surface area contributed by atoms with E-state index in [-0.39, 0.29) is 17.7 Å². The third-order valence-corrected chi connectivity index (χ3v) is 4.97. The Labute approximate surface area is 157 Å². The van der Waals surface area contributed by atoms with Crippen molar-refractivity contribution in [1.29, 1.82) is 0 Å². The molecule has 27 heavy (non-hydrogen) atoms. The van der Waals surface area contributed by atoms with Crippen molar-refractivity contribution in [2.75, 3.05) is 27.3 Å². The van der Waals surface area contributed by atoms with E-state index in [0.29, 0.717) is 48.8 Å². The quantitative estimate of drug-likeness (QED) is 0.856. The highest BCUT2D eigenvalue weighted by molar-refractivity contribution is 5.94. The molecule has 1 fully saturated rings. The minimum atomic E-state index is -0.295. The summed E-state index contributed by atoms with van der Waals surface area (Å²) in [7, 11) is 4.91. The molecule has 1 aliphatic rings. The molecule has 2 aromatic rings. The lowest BCUT2D eigenvalue weighted by Gasteiger charge is -2.30. The number of rotatable bonds is 5. The highest BCUT2D eigenvalue weighted by Crippen LogP contribution is 2.33. The molecule has 8 heteroatoms. The number of primary amides is 1. The molecule has 2 N–H and O–H groups in total. The van der Waals surface area contributed by atoms with Crippen LogP contribution in [-0.2, 0) is 11.8 Å². The molecule has 8 nitrogen and oxygen atoms in total. The Balaban J connectivity index is 1.83. The normalized spacial score (nSPS) is 14.9. The molecule has 0 bridgehead atoms. The van der Waals surface area contributed by atoms with Gasteiger partial charge < -0.3 is 20.1 Å². The Morgan fingerprint density at radius 1 is 1.15 bits per heavy atom. The highest BCUT2D eigenvalue weighted by atomic mass is 16.5. The average molecular weight is 372 g/mol. The first kappa shape index (κ1) is 18.8. The van der Waals surface area contributed by atoms with Gasteiger partial charge in [0.2, 0.25) is 5.91 Å². The van der Waals surface area contributed by atoms with Gasteiger partial charge in [-0.05, 0) is 31.0 Å². The number of likely N-dealkylation sites (tertiary alicyclic amines) is 1. The Morgan fingerprint density at radius 2 is 1.85 bits per heavy atom. The zero-order valence-corrected chi connectivity index (χ0v) is 15.8. The lowest BCUT2D eigenvalue weighted by atomic mass is 9.96. The minimum absolute atomic E-state index is 0.105. The van der Waals surface area contributed by atoms with Gasteiger partial charge >= 0.3 is 0 Å². The van der Waals surface area contributed by atoms with Gasteiger partial charge in [0.15, 0.2) is 0 Å². The number of hydrogen-bond acceptors (Lipinski definition) is 5. The topological polar surface area (TPSA) is 99.7 Å². The van der Waals surface area contributed by atoms with E-state index in [4.69, 9.17) is 15.2 Å². The molecule has 0 saturated carbocycles. The first-order valence-corrected chi connectivity index (χ1v) is 8.79. The van der Waals surface area contributed by atoms with Gasteiger partial charge in [-0.3, -0.25) is 14.3 Å². The first-order valence-electron chi connectivity index (χ1n) is 8.79. The smallest absolute Gasteiger partial charge is 0.272 e. The second kappa shape index (κ2) is 7.69. The number of aryl methyl sites for hydroxylation is 1. The fourth-order valence-electron chi connectivity index (χ4n) is 3.34. The summed E-state index contributed by atoms with van der Waals surface area (Å²) in [6.45, 7) is 1.03. The Kier molecular flexibility index (Phi) is 5.34. The van der Waals surface area contributed by atoms with Gasteiger partial charge in [-0.1, -0.05) is 0 Å². The summed E-state index contributed by atoms with van der Waals surface area (Å²) in [6, 6.07) is 7.21. The van der Waals surface area contributed by atoms with Crippen molar-refractivity contribution in [1.82, 2.24) is 14.7 Å². The summed E-state index contributed by atoms with van der Waals surface area (Å²) in [5.41, 5.74) is 7.27. The third kappa shape index (κ3) is 3.74. The van der Waals surface area contributed by atoms with Crippen molar-refractivity contribution in [2.24, 2.45) is 18.7 Å². The van der Waals surface area contributed by atoms with Crippen LogP contribution in [0.4, 0.5) is 0 Å². The van der Waals surface area contributed by atoms with Gasteiger partial charge in [-0.25, -0.2) is 0 Å². The molecule has 1 saturated heterocycles. The maximum Gasteiger partial charge on any atom is 0.272 e. The summed E-state index contributed by atoms with van der Waals surface area (Å²) in [5.74, 6) is 0.747.